The van der Waals surface area contributed by atoms with Gasteiger partial charge in [-0.05, 0) is 6.85 Å². The molecule has 43 valence electrons. The third-order valence-electron chi connectivity index (χ3n) is 0.368. The number of aliphatic carboxylic acids is 1. The first-order chi connectivity index (χ1) is 4.34. The minimum atomic E-state index is -2.58. The van der Waals surface area contributed by atoms with Gasteiger partial charge in [-0.15, -0.1) is 0 Å². The van der Waals surface area contributed by atoms with Crippen molar-refractivity contribution in [2.75, 3.05) is 0 Å². The Labute approximate surface area is 74.2 Å². The van der Waals surface area contributed by atoms with Gasteiger partial charge >= 0.3 is 5.97 Å². The SMILES string of the molecule is [2H]C([2H])([2H])[C@@H](O)CC(=O)O.[Na]. The first-order valence-electron chi connectivity index (χ1n) is 3.24. The van der Waals surface area contributed by atoms with E-state index in [1.165, 1.54) is 0 Å². The fourth-order valence-corrected chi connectivity index (χ4v) is 0.165. The Bertz CT molecular complexity index is 135. The van der Waals surface area contributed by atoms with Gasteiger partial charge in [-0.3, -0.25) is 4.79 Å². The van der Waals surface area contributed by atoms with Crippen LogP contribution in [0.5, 0.6) is 0 Å². The molecule has 0 saturated carbocycles. The second-order valence-electron chi connectivity index (χ2n) is 1.11. The van der Waals surface area contributed by atoms with Crippen molar-refractivity contribution in [3.8, 4) is 0 Å². The van der Waals surface area contributed by atoms with E-state index in [2.05, 4.69) is 0 Å². The van der Waals surface area contributed by atoms with Gasteiger partial charge in [0, 0.05) is 33.7 Å². The van der Waals surface area contributed by atoms with Crippen molar-refractivity contribution in [1.29, 1.82) is 0 Å². The molecule has 0 bridgehead atoms. The van der Waals surface area contributed by atoms with E-state index >= 15 is 0 Å². The Morgan fingerprint density at radius 3 is 2.62 bits per heavy atom. The second-order valence-corrected chi connectivity index (χ2v) is 1.11. The van der Waals surface area contributed by atoms with E-state index in [0.29, 0.717) is 0 Å². The molecule has 0 heterocycles. The van der Waals surface area contributed by atoms with Crippen molar-refractivity contribution in [3.63, 3.8) is 0 Å². The Morgan fingerprint density at radius 2 is 2.50 bits per heavy atom. The van der Waals surface area contributed by atoms with Crippen molar-refractivity contribution in [2.45, 2.75) is 19.4 Å². The maximum absolute atomic E-state index is 9.85. The first-order valence-corrected chi connectivity index (χ1v) is 1.74. The van der Waals surface area contributed by atoms with E-state index < -0.39 is 25.3 Å². The van der Waals surface area contributed by atoms with Crippen LogP contribution in [0.1, 0.15) is 17.4 Å². The van der Waals surface area contributed by atoms with E-state index in [4.69, 9.17) is 14.3 Å². The van der Waals surface area contributed by atoms with E-state index in [1.54, 1.807) is 0 Å². The Balaban J connectivity index is 0. The largest absolute Gasteiger partial charge is 0.481 e. The zero-order chi connectivity index (χ0) is 8.36. The number of rotatable bonds is 2. The first kappa shape index (κ1) is 5.23. The molecule has 0 aliphatic rings. The number of carbonyl (C=O) groups is 1. The van der Waals surface area contributed by atoms with Crippen molar-refractivity contribution in [1.82, 2.24) is 0 Å². The van der Waals surface area contributed by atoms with Gasteiger partial charge in [-0.25, -0.2) is 0 Å². The average molecular weight is 130 g/mol. The van der Waals surface area contributed by atoms with Crippen LogP contribution in [-0.4, -0.2) is 51.8 Å². The molecule has 2 N–H and O–H groups in total. The fraction of sp³-hybridized carbons (Fsp3) is 0.750. The third kappa shape index (κ3) is 9.66. The molecule has 0 amide bonds. The topological polar surface area (TPSA) is 57.5 Å². The van der Waals surface area contributed by atoms with Gasteiger partial charge in [0.1, 0.15) is 0 Å². The Kier molecular flexibility index (Phi) is 3.64. The van der Waals surface area contributed by atoms with Crippen LogP contribution in [0.2, 0.25) is 0 Å². The number of hydrogen-bond donors (Lipinski definition) is 2. The maximum Gasteiger partial charge on any atom is 0.305 e. The molecule has 0 spiro atoms. The molecule has 1 atom stereocenters. The monoisotopic (exact) mass is 130 g/mol. The van der Waals surface area contributed by atoms with Gasteiger partial charge in [-0.1, -0.05) is 0 Å². The molecule has 3 nitrogen and oxygen atoms in total. The van der Waals surface area contributed by atoms with Gasteiger partial charge in [-0.2, -0.15) is 0 Å². The van der Waals surface area contributed by atoms with Crippen LogP contribution in [0, 0.1) is 0 Å². The molecule has 0 aliphatic carbocycles. The quantitative estimate of drug-likeness (QED) is 0.493. The molecule has 0 aromatic rings. The van der Waals surface area contributed by atoms with Gasteiger partial charge < -0.3 is 10.2 Å². The number of carboxylic acids is 1. The summed E-state index contributed by atoms with van der Waals surface area (Å²) in [4.78, 5) is 9.85. The summed E-state index contributed by atoms with van der Waals surface area (Å²) in [5.41, 5.74) is 0. The predicted octanol–water partition coefficient (Wildman–Crippen LogP) is -0.539. The van der Waals surface area contributed by atoms with Crippen LogP contribution >= 0.6 is 0 Å². The van der Waals surface area contributed by atoms with E-state index in [0.717, 1.165) is 0 Å². The molecule has 0 fully saturated rings. The Morgan fingerprint density at radius 1 is 2.00 bits per heavy atom. The summed E-state index contributed by atoms with van der Waals surface area (Å²) in [6.45, 7) is -2.58. The average Bonchev–Trinajstić information content (AvgIpc) is 1.60. The summed E-state index contributed by atoms with van der Waals surface area (Å²) in [6, 6.07) is 0. The predicted molar refractivity (Wildman–Crippen MR) is 29.7 cm³/mol. The normalized spacial score (nSPS) is 18.9. The minimum Gasteiger partial charge on any atom is -0.481 e. The molecule has 0 aromatic carbocycles. The van der Waals surface area contributed by atoms with Crippen LogP contribution in [0.25, 0.3) is 0 Å². The van der Waals surface area contributed by atoms with Crippen LogP contribution in [0.15, 0.2) is 0 Å². The second kappa shape index (κ2) is 5.56. The molecule has 0 aliphatic heterocycles. The number of hydrogen-bond acceptors (Lipinski definition) is 2. The smallest absolute Gasteiger partial charge is 0.305 e. The molecular weight excluding hydrogens is 119 g/mol. The standard InChI is InChI=1S/C4H8O3.Na/c1-3(5)2-4(6)7;/h3,5H,2H2,1H3,(H,6,7);/t3-;/m1./s1/i1D3;. The number of aliphatic hydroxyl groups is 1. The molecule has 0 rings (SSSR count). The maximum atomic E-state index is 9.85. The van der Waals surface area contributed by atoms with Gasteiger partial charge in [0.2, 0.25) is 0 Å². The summed E-state index contributed by atoms with van der Waals surface area (Å²) < 4.78 is 19.7. The summed E-state index contributed by atoms with van der Waals surface area (Å²) in [7, 11) is 0. The minimum absolute atomic E-state index is 0. The molecule has 0 unspecified atom stereocenters. The van der Waals surface area contributed by atoms with Gasteiger partial charge in [0.05, 0.1) is 12.5 Å². The Hall–Kier alpha value is 0.430. The number of aliphatic hydroxyl groups excluding tert-OH is 1. The van der Waals surface area contributed by atoms with E-state index in [-0.39, 0.29) is 29.6 Å². The van der Waals surface area contributed by atoms with Crippen molar-refractivity contribution >= 4 is 35.5 Å². The van der Waals surface area contributed by atoms with Crippen LogP contribution in [0.3, 0.4) is 0 Å². The van der Waals surface area contributed by atoms with Crippen molar-refractivity contribution in [2.24, 2.45) is 0 Å². The van der Waals surface area contributed by atoms with Crippen LogP contribution in [-0.2, 0) is 4.79 Å². The molecule has 4 heteroatoms. The van der Waals surface area contributed by atoms with Gasteiger partial charge in [0.15, 0.2) is 0 Å². The zero-order valence-corrected chi connectivity index (χ0v) is 6.59. The van der Waals surface area contributed by atoms with Crippen LogP contribution < -0.4 is 0 Å². The van der Waals surface area contributed by atoms with E-state index in [9.17, 15) is 4.79 Å². The fourth-order valence-electron chi connectivity index (χ4n) is 0.165. The summed E-state index contributed by atoms with van der Waals surface area (Å²) in [6.07, 6.45) is -2.50. The van der Waals surface area contributed by atoms with Crippen molar-refractivity contribution < 1.29 is 19.1 Å². The third-order valence-corrected chi connectivity index (χ3v) is 0.368. The molecule has 8 heavy (non-hydrogen) atoms. The summed E-state index contributed by atoms with van der Waals surface area (Å²) >= 11 is 0. The summed E-state index contributed by atoms with van der Waals surface area (Å²) in [5, 5.41) is 16.6. The van der Waals surface area contributed by atoms with E-state index in [1.807, 2.05) is 0 Å². The molecule has 0 aromatic heterocycles. The van der Waals surface area contributed by atoms with Crippen molar-refractivity contribution in [3.05, 3.63) is 0 Å². The summed E-state index contributed by atoms with van der Waals surface area (Å²) in [5.74, 6) is -1.32. The number of carboxylic acid groups (broad SMARTS) is 1. The van der Waals surface area contributed by atoms with Crippen LogP contribution in [0.4, 0.5) is 0 Å². The van der Waals surface area contributed by atoms with Gasteiger partial charge in [0.25, 0.3) is 0 Å². The molecule has 1 radical (unpaired) electrons. The zero-order valence-electron chi connectivity index (χ0n) is 7.59. The molecular formula is C4H8NaO3. The molecule has 0 saturated heterocycles.